The summed E-state index contributed by atoms with van der Waals surface area (Å²) in [6.07, 6.45) is 0.424. The molecule has 1 aromatic heterocycles. The Balaban J connectivity index is 2.21. The minimum absolute atomic E-state index is 0.112. The average molecular weight is 265 g/mol. The Labute approximate surface area is 111 Å². The van der Waals surface area contributed by atoms with E-state index in [-0.39, 0.29) is 6.04 Å². The van der Waals surface area contributed by atoms with Gasteiger partial charge in [0.25, 0.3) is 0 Å². The van der Waals surface area contributed by atoms with E-state index in [4.69, 9.17) is 4.42 Å². The summed E-state index contributed by atoms with van der Waals surface area (Å²) < 4.78 is 32.1. The van der Waals surface area contributed by atoms with Crippen molar-refractivity contribution in [3.05, 3.63) is 59.1 Å². The van der Waals surface area contributed by atoms with Crippen LogP contribution in [-0.4, -0.2) is 6.54 Å². The minimum atomic E-state index is -0.560. The van der Waals surface area contributed by atoms with Crippen LogP contribution in [0.4, 0.5) is 8.78 Å². The highest BCUT2D eigenvalue weighted by molar-refractivity contribution is 5.22. The fourth-order valence-electron chi connectivity index (χ4n) is 2.07. The third-order valence-electron chi connectivity index (χ3n) is 2.99. The summed E-state index contributed by atoms with van der Waals surface area (Å²) in [5.74, 6) is 0.502. The van der Waals surface area contributed by atoms with Crippen molar-refractivity contribution in [1.82, 2.24) is 5.32 Å². The maximum Gasteiger partial charge on any atom is 0.129 e. The van der Waals surface area contributed by atoms with Crippen molar-refractivity contribution in [2.24, 2.45) is 0 Å². The number of hydrogen-bond donors (Lipinski definition) is 1. The van der Waals surface area contributed by atoms with E-state index in [2.05, 4.69) is 5.32 Å². The molecule has 0 saturated heterocycles. The second-order valence-corrected chi connectivity index (χ2v) is 4.50. The zero-order chi connectivity index (χ0) is 13.8. The first-order chi connectivity index (χ1) is 9.10. The maximum absolute atomic E-state index is 13.7. The first kappa shape index (κ1) is 13.7. The number of halogens is 2. The Morgan fingerprint density at radius 2 is 2.00 bits per heavy atom. The van der Waals surface area contributed by atoms with Gasteiger partial charge in [-0.3, -0.25) is 0 Å². The van der Waals surface area contributed by atoms with Crippen LogP contribution in [0.1, 0.15) is 30.0 Å². The van der Waals surface area contributed by atoms with Crippen LogP contribution in [0, 0.1) is 18.6 Å². The lowest BCUT2D eigenvalue weighted by atomic mass is 10.0. The van der Waals surface area contributed by atoms with Gasteiger partial charge >= 0.3 is 0 Å². The van der Waals surface area contributed by atoms with Gasteiger partial charge in [0.2, 0.25) is 0 Å². The van der Waals surface area contributed by atoms with Gasteiger partial charge in [0.15, 0.2) is 0 Å². The van der Waals surface area contributed by atoms with Gasteiger partial charge in [0, 0.05) is 6.07 Å². The SMILES string of the molecule is CCNC(Cc1ccc(F)cc1F)c1ccc(C)o1. The van der Waals surface area contributed by atoms with Crippen LogP contribution in [0.3, 0.4) is 0 Å². The van der Waals surface area contributed by atoms with Gasteiger partial charge in [-0.15, -0.1) is 0 Å². The van der Waals surface area contributed by atoms with Crippen molar-refractivity contribution >= 4 is 0 Å². The maximum atomic E-state index is 13.7. The summed E-state index contributed by atoms with van der Waals surface area (Å²) in [5, 5.41) is 3.25. The largest absolute Gasteiger partial charge is 0.465 e. The second kappa shape index (κ2) is 5.97. The van der Waals surface area contributed by atoms with Gasteiger partial charge in [0.05, 0.1) is 6.04 Å². The normalized spacial score (nSPS) is 12.6. The molecule has 2 nitrogen and oxygen atoms in total. The molecule has 2 rings (SSSR count). The van der Waals surface area contributed by atoms with E-state index < -0.39 is 11.6 Å². The number of benzene rings is 1. The Hall–Kier alpha value is -1.68. The topological polar surface area (TPSA) is 25.2 Å². The molecule has 0 spiro atoms. The molecule has 1 heterocycles. The van der Waals surface area contributed by atoms with Gasteiger partial charge in [-0.1, -0.05) is 13.0 Å². The molecule has 0 saturated carbocycles. The van der Waals surface area contributed by atoms with E-state index in [0.717, 1.165) is 24.1 Å². The number of rotatable bonds is 5. The Morgan fingerprint density at radius 1 is 1.21 bits per heavy atom. The van der Waals surface area contributed by atoms with Gasteiger partial charge in [-0.25, -0.2) is 8.78 Å². The Morgan fingerprint density at radius 3 is 2.58 bits per heavy atom. The molecule has 1 aromatic carbocycles. The summed E-state index contributed by atoms with van der Waals surface area (Å²) in [6.45, 7) is 4.59. The summed E-state index contributed by atoms with van der Waals surface area (Å²) in [7, 11) is 0. The fourth-order valence-corrected chi connectivity index (χ4v) is 2.07. The van der Waals surface area contributed by atoms with Crippen molar-refractivity contribution in [3.63, 3.8) is 0 Å². The van der Waals surface area contributed by atoms with E-state index in [9.17, 15) is 8.78 Å². The molecule has 102 valence electrons. The van der Waals surface area contributed by atoms with Gasteiger partial charge in [0.1, 0.15) is 23.2 Å². The first-order valence-electron chi connectivity index (χ1n) is 6.33. The third kappa shape index (κ3) is 3.41. The van der Waals surface area contributed by atoms with E-state index in [1.54, 1.807) is 0 Å². The number of furan rings is 1. The third-order valence-corrected chi connectivity index (χ3v) is 2.99. The van der Waals surface area contributed by atoms with Crippen molar-refractivity contribution in [1.29, 1.82) is 0 Å². The summed E-state index contributed by atoms with van der Waals surface area (Å²) in [5.41, 5.74) is 0.474. The van der Waals surface area contributed by atoms with Crippen LogP contribution in [0.2, 0.25) is 0 Å². The number of likely N-dealkylation sites (N-methyl/N-ethyl adjacent to an activating group) is 1. The summed E-state index contributed by atoms with van der Waals surface area (Å²) in [6, 6.07) is 7.30. The molecule has 1 N–H and O–H groups in total. The van der Waals surface area contributed by atoms with Crippen LogP contribution in [0.5, 0.6) is 0 Å². The van der Waals surface area contributed by atoms with Gasteiger partial charge in [-0.2, -0.15) is 0 Å². The van der Waals surface area contributed by atoms with Crippen molar-refractivity contribution in [2.45, 2.75) is 26.3 Å². The molecule has 0 aliphatic carbocycles. The van der Waals surface area contributed by atoms with Gasteiger partial charge in [-0.05, 0) is 43.7 Å². The highest BCUT2D eigenvalue weighted by Gasteiger charge is 2.17. The molecule has 0 radical (unpaired) electrons. The van der Waals surface area contributed by atoms with E-state index in [0.29, 0.717) is 12.0 Å². The molecule has 1 atom stereocenters. The lowest BCUT2D eigenvalue weighted by molar-refractivity contribution is 0.400. The monoisotopic (exact) mass is 265 g/mol. The minimum Gasteiger partial charge on any atom is -0.465 e. The average Bonchev–Trinajstić information content (AvgIpc) is 2.78. The smallest absolute Gasteiger partial charge is 0.129 e. The van der Waals surface area contributed by atoms with Crippen molar-refractivity contribution < 1.29 is 13.2 Å². The van der Waals surface area contributed by atoms with Gasteiger partial charge < -0.3 is 9.73 Å². The van der Waals surface area contributed by atoms with Crippen LogP contribution in [0.25, 0.3) is 0 Å². The summed E-state index contributed by atoms with van der Waals surface area (Å²) in [4.78, 5) is 0. The number of nitrogens with one attached hydrogen (secondary N) is 1. The highest BCUT2D eigenvalue weighted by Crippen LogP contribution is 2.22. The molecule has 19 heavy (non-hydrogen) atoms. The number of aryl methyl sites for hydroxylation is 1. The lowest BCUT2D eigenvalue weighted by Crippen LogP contribution is -2.23. The van der Waals surface area contributed by atoms with E-state index in [1.165, 1.54) is 12.1 Å². The molecule has 1 unspecified atom stereocenters. The van der Waals surface area contributed by atoms with Crippen molar-refractivity contribution in [2.75, 3.05) is 6.54 Å². The number of hydrogen-bond acceptors (Lipinski definition) is 2. The zero-order valence-electron chi connectivity index (χ0n) is 11.0. The molecule has 0 aliphatic rings. The first-order valence-corrected chi connectivity index (χ1v) is 6.33. The lowest BCUT2D eigenvalue weighted by Gasteiger charge is -2.16. The predicted molar refractivity (Wildman–Crippen MR) is 69.9 cm³/mol. The fraction of sp³-hybridized carbons (Fsp3) is 0.333. The molecule has 0 aliphatic heterocycles. The second-order valence-electron chi connectivity index (χ2n) is 4.50. The molecule has 4 heteroatoms. The molecular weight excluding hydrogens is 248 g/mol. The van der Waals surface area contributed by atoms with Crippen LogP contribution in [0.15, 0.2) is 34.7 Å². The van der Waals surface area contributed by atoms with Crippen molar-refractivity contribution in [3.8, 4) is 0 Å². The quantitative estimate of drug-likeness (QED) is 0.890. The Bertz CT molecular complexity index is 551. The van der Waals surface area contributed by atoms with E-state index >= 15 is 0 Å². The zero-order valence-corrected chi connectivity index (χ0v) is 11.0. The Kier molecular flexibility index (Phi) is 4.32. The molecule has 0 amide bonds. The molecular formula is C15H17F2NO. The molecule has 0 fully saturated rings. The highest BCUT2D eigenvalue weighted by atomic mass is 19.1. The predicted octanol–water partition coefficient (Wildman–Crippen LogP) is 3.76. The standard InChI is InChI=1S/C15H17F2NO/c1-3-18-14(15-7-4-10(2)19-15)8-11-5-6-12(16)9-13(11)17/h4-7,9,14,18H,3,8H2,1-2H3. The molecule has 2 aromatic rings. The van der Waals surface area contributed by atoms with Crippen LogP contribution in [-0.2, 0) is 6.42 Å². The van der Waals surface area contributed by atoms with E-state index in [1.807, 2.05) is 26.0 Å². The molecule has 0 bridgehead atoms. The van der Waals surface area contributed by atoms with Crippen LogP contribution < -0.4 is 5.32 Å². The van der Waals surface area contributed by atoms with Crippen LogP contribution >= 0.6 is 0 Å². The summed E-state index contributed by atoms with van der Waals surface area (Å²) >= 11 is 0.